The number of fused-ring (bicyclic) bond motifs is 1. The molecule has 1 aliphatic heterocycles. The van der Waals surface area contributed by atoms with Crippen molar-refractivity contribution in [3.8, 4) is 11.5 Å². The Morgan fingerprint density at radius 3 is 2.86 bits per heavy atom. The molecular formula is C17H26N2O2. The molecule has 0 bridgehead atoms. The molecule has 21 heavy (non-hydrogen) atoms. The van der Waals surface area contributed by atoms with Crippen LogP contribution < -0.4 is 15.2 Å². The van der Waals surface area contributed by atoms with Gasteiger partial charge in [0.1, 0.15) is 0 Å². The fourth-order valence-electron chi connectivity index (χ4n) is 3.68. The molecule has 3 atom stereocenters. The number of nitrogens with two attached hydrogens (primary N) is 1. The Kier molecular flexibility index (Phi) is 4.36. The fraction of sp³-hybridized carbons (Fsp3) is 0.647. The molecule has 3 rings (SSSR count). The molecule has 1 fully saturated rings. The minimum Gasteiger partial charge on any atom is -0.454 e. The van der Waals surface area contributed by atoms with E-state index in [1.54, 1.807) is 0 Å². The number of rotatable bonds is 4. The Morgan fingerprint density at radius 2 is 2.10 bits per heavy atom. The van der Waals surface area contributed by atoms with Crippen molar-refractivity contribution in [1.29, 1.82) is 0 Å². The van der Waals surface area contributed by atoms with Crippen LogP contribution in [0.3, 0.4) is 0 Å². The summed E-state index contributed by atoms with van der Waals surface area (Å²) in [5.74, 6) is 2.50. The molecule has 4 heteroatoms. The Balaban J connectivity index is 1.77. The molecular weight excluding hydrogens is 264 g/mol. The summed E-state index contributed by atoms with van der Waals surface area (Å²) in [6.45, 7) is 3.31. The number of likely N-dealkylation sites (N-methyl/N-ethyl adjacent to an activating group) is 1. The average Bonchev–Trinajstić information content (AvgIpc) is 2.95. The van der Waals surface area contributed by atoms with Crippen molar-refractivity contribution in [1.82, 2.24) is 4.90 Å². The molecule has 1 aromatic carbocycles. The quantitative estimate of drug-likeness (QED) is 0.926. The number of benzene rings is 1. The Hall–Kier alpha value is -1.26. The smallest absolute Gasteiger partial charge is 0.231 e. The zero-order chi connectivity index (χ0) is 14.8. The highest BCUT2D eigenvalue weighted by molar-refractivity contribution is 5.45. The summed E-state index contributed by atoms with van der Waals surface area (Å²) in [4.78, 5) is 2.47. The first-order valence-electron chi connectivity index (χ1n) is 8.00. The second-order valence-corrected chi connectivity index (χ2v) is 6.46. The van der Waals surface area contributed by atoms with Gasteiger partial charge in [-0.3, -0.25) is 4.90 Å². The van der Waals surface area contributed by atoms with Gasteiger partial charge < -0.3 is 15.2 Å². The molecule has 1 saturated carbocycles. The van der Waals surface area contributed by atoms with E-state index < -0.39 is 0 Å². The maximum atomic E-state index is 6.08. The van der Waals surface area contributed by atoms with Crippen LogP contribution in [-0.4, -0.2) is 31.3 Å². The van der Waals surface area contributed by atoms with Crippen LogP contribution >= 0.6 is 0 Å². The second kappa shape index (κ2) is 6.24. The summed E-state index contributed by atoms with van der Waals surface area (Å²) in [6, 6.07) is 7.08. The lowest BCUT2D eigenvalue weighted by Crippen LogP contribution is -2.41. The molecule has 2 aliphatic rings. The zero-order valence-corrected chi connectivity index (χ0v) is 13.0. The summed E-state index contributed by atoms with van der Waals surface area (Å²) < 4.78 is 10.9. The Labute approximate surface area is 127 Å². The van der Waals surface area contributed by atoms with E-state index in [1.165, 1.54) is 31.2 Å². The van der Waals surface area contributed by atoms with E-state index >= 15 is 0 Å². The third-order valence-corrected chi connectivity index (χ3v) is 4.98. The van der Waals surface area contributed by atoms with Crippen molar-refractivity contribution in [3.63, 3.8) is 0 Å². The molecule has 3 unspecified atom stereocenters. The van der Waals surface area contributed by atoms with E-state index in [0.29, 0.717) is 19.4 Å². The van der Waals surface area contributed by atoms with Gasteiger partial charge in [0, 0.05) is 18.6 Å². The van der Waals surface area contributed by atoms with Crippen molar-refractivity contribution in [2.75, 3.05) is 20.4 Å². The van der Waals surface area contributed by atoms with E-state index in [-0.39, 0.29) is 6.04 Å². The van der Waals surface area contributed by atoms with Crippen LogP contribution in [0, 0.1) is 5.92 Å². The summed E-state index contributed by atoms with van der Waals surface area (Å²) in [6.07, 6.45) is 5.25. The number of hydrogen-bond acceptors (Lipinski definition) is 4. The standard InChI is InChI=1S/C17H26N2O2/c1-12-4-3-5-14(8-12)19(2)15(10-18)13-6-7-16-17(9-13)21-11-20-16/h6-7,9,12,14-15H,3-5,8,10-11,18H2,1-2H3. The van der Waals surface area contributed by atoms with Crippen molar-refractivity contribution >= 4 is 0 Å². The maximum Gasteiger partial charge on any atom is 0.231 e. The molecule has 0 saturated heterocycles. The number of ether oxygens (including phenoxy) is 2. The lowest BCUT2D eigenvalue weighted by atomic mass is 9.85. The molecule has 116 valence electrons. The largest absolute Gasteiger partial charge is 0.454 e. The van der Waals surface area contributed by atoms with Gasteiger partial charge in [-0.2, -0.15) is 0 Å². The van der Waals surface area contributed by atoms with Crippen LogP contribution in [0.5, 0.6) is 11.5 Å². The van der Waals surface area contributed by atoms with E-state index in [2.05, 4.69) is 31.0 Å². The molecule has 1 heterocycles. The third kappa shape index (κ3) is 3.01. The van der Waals surface area contributed by atoms with Crippen molar-refractivity contribution in [2.45, 2.75) is 44.7 Å². The Bertz CT molecular complexity index is 492. The molecule has 0 spiro atoms. The number of nitrogens with zero attached hydrogens (tertiary/aromatic N) is 1. The molecule has 0 amide bonds. The third-order valence-electron chi connectivity index (χ3n) is 4.98. The highest BCUT2D eigenvalue weighted by Gasteiger charge is 2.28. The normalized spacial score (nSPS) is 26.1. The van der Waals surface area contributed by atoms with E-state index in [1.807, 2.05) is 6.07 Å². The summed E-state index contributed by atoms with van der Waals surface area (Å²) in [5, 5.41) is 0. The molecule has 0 aromatic heterocycles. The molecule has 1 aromatic rings. The van der Waals surface area contributed by atoms with E-state index in [4.69, 9.17) is 15.2 Å². The first-order chi connectivity index (χ1) is 10.2. The van der Waals surface area contributed by atoms with Crippen molar-refractivity contribution in [3.05, 3.63) is 23.8 Å². The Morgan fingerprint density at radius 1 is 1.29 bits per heavy atom. The van der Waals surface area contributed by atoms with Gasteiger partial charge in [-0.25, -0.2) is 0 Å². The minimum absolute atomic E-state index is 0.245. The molecule has 1 aliphatic carbocycles. The van der Waals surface area contributed by atoms with Gasteiger partial charge >= 0.3 is 0 Å². The van der Waals surface area contributed by atoms with Crippen LogP contribution in [0.4, 0.5) is 0 Å². The number of hydrogen-bond donors (Lipinski definition) is 1. The SMILES string of the molecule is CC1CCCC(N(C)C(CN)c2ccc3c(c2)OCO3)C1. The molecule has 4 nitrogen and oxygen atoms in total. The van der Waals surface area contributed by atoms with Gasteiger partial charge in [0.2, 0.25) is 6.79 Å². The summed E-state index contributed by atoms with van der Waals surface area (Å²) in [7, 11) is 2.21. The van der Waals surface area contributed by atoms with Crippen molar-refractivity contribution < 1.29 is 9.47 Å². The fourth-order valence-corrected chi connectivity index (χ4v) is 3.68. The van der Waals surface area contributed by atoms with Gasteiger partial charge in [0.25, 0.3) is 0 Å². The van der Waals surface area contributed by atoms with Gasteiger partial charge in [-0.15, -0.1) is 0 Å². The van der Waals surface area contributed by atoms with Crippen molar-refractivity contribution in [2.24, 2.45) is 11.7 Å². The predicted molar refractivity (Wildman–Crippen MR) is 83.5 cm³/mol. The maximum absolute atomic E-state index is 6.08. The first-order valence-corrected chi connectivity index (χ1v) is 8.00. The lowest BCUT2D eigenvalue weighted by molar-refractivity contribution is 0.121. The molecule has 0 radical (unpaired) electrons. The van der Waals surface area contributed by atoms with Crippen LogP contribution in [0.25, 0.3) is 0 Å². The zero-order valence-electron chi connectivity index (χ0n) is 13.0. The predicted octanol–water partition coefficient (Wildman–Crippen LogP) is 2.93. The van der Waals surface area contributed by atoms with Crippen LogP contribution in [0.1, 0.15) is 44.2 Å². The highest BCUT2D eigenvalue weighted by Crippen LogP contribution is 2.37. The summed E-state index contributed by atoms with van der Waals surface area (Å²) in [5.41, 5.74) is 7.30. The second-order valence-electron chi connectivity index (χ2n) is 6.46. The topological polar surface area (TPSA) is 47.7 Å². The summed E-state index contributed by atoms with van der Waals surface area (Å²) >= 11 is 0. The van der Waals surface area contributed by atoms with Crippen LogP contribution in [0.15, 0.2) is 18.2 Å². The van der Waals surface area contributed by atoms with Gasteiger partial charge in [0.05, 0.1) is 0 Å². The highest BCUT2D eigenvalue weighted by atomic mass is 16.7. The average molecular weight is 290 g/mol. The van der Waals surface area contributed by atoms with Gasteiger partial charge in [-0.1, -0.05) is 25.8 Å². The van der Waals surface area contributed by atoms with Crippen LogP contribution in [0.2, 0.25) is 0 Å². The van der Waals surface area contributed by atoms with E-state index in [9.17, 15) is 0 Å². The first kappa shape index (κ1) is 14.7. The van der Waals surface area contributed by atoms with Gasteiger partial charge in [0.15, 0.2) is 11.5 Å². The lowest BCUT2D eigenvalue weighted by Gasteiger charge is -2.39. The minimum atomic E-state index is 0.245. The van der Waals surface area contributed by atoms with Gasteiger partial charge in [-0.05, 0) is 43.5 Å². The monoisotopic (exact) mass is 290 g/mol. The van der Waals surface area contributed by atoms with Crippen LogP contribution in [-0.2, 0) is 0 Å². The molecule has 2 N–H and O–H groups in total. The van der Waals surface area contributed by atoms with E-state index in [0.717, 1.165) is 17.4 Å².